The maximum absolute atomic E-state index is 13.3. The van der Waals surface area contributed by atoms with Gasteiger partial charge in [-0.1, -0.05) is 11.6 Å². The van der Waals surface area contributed by atoms with Gasteiger partial charge in [0.1, 0.15) is 6.04 Å². The van der Waals surface area contributed by atoms with Crippen LogP contribution in [0.4, 0.5) is 26.1 Å². The third kappa shape index (κ3) is 3.38. The summed E-state index contributed by atoms with van der Waals surface area (Å²) in [7, 11) is 0. The zero-order chi connectivity index (χ0) is 20.2. The summed E-state index contributed by atoms with van der Waals surface area (Å²) in [5, 5.41) is 11.4. The van der Waals surface area contributed by atoms with Crippen molar-refractivity contribution in [1.82, 2.24) is 25.1 Å². The van der Waals surface area contributed by atoms with Crippen LogP contribution in [0.3, 0.4) is 0 Å². The quantitative estimate of drug-likeness (QED) is 0.674. The molecule has 0 bridgehead atoms. The number of aromatic nitrogens is 4. The van der Waals surface area contributed by atoms with Crippen molar-refractivity contribution in [3.8, 4) is 0 Å². The molecule has 2 fully saturated rings. The van der Waals surface area contributed by atoms with Gasteiger partial charge in [-0.05, 0) is 24.6 Å². The molecule has 1 aliphatic heterocycles. The molecule has 1 atom stereocenters. The van der Waals surface area contributed by atoms with Gasteiger partial charge in [-0.3, -0.25) is 0 Å². The van der Waals surface area contributed by atoms with E-state index in [-0.39, 0.29) is 11.6 Å². The molecule has 5 rings (SSSR count). The molecule has 1 saturated heterocycles. The molecule has 1 aliphatic carbocycles. The number of fused-ring (bicyclic) bond motifs is 1. The van der Waals surface area contributed by atoms with E-state index in [1.807, 2.05) is 0 Å². The molecule has 1 saturated carbocycles. The first kappa shape index (κ1) is 18.5. The van der Waals surface area contributed by atoms with E-state index in [1.54, 1.807) is 6.20 Å². The SMILES string of the molecule is Cc1cc2cnc(Nc3cnn(C4CC4(F)F)c3Cl)nc2cc1N1CCNCC1. The van der Waals surface area contributed by atoms with Gasteiger partial charge in [0.15, 0.2) is 5.15 Å². The predicted octanol–water partition coefficient (Wildman–Crippen LogP) is 3.52. The summed E-state index contributed by atoms with van der Waals surface area (Å²) in [6.07, 6.45) is 2.92. The third-order valence-electron chi connectivity index (χ3n) is 5.42. The third-order valence-corrected chi connectivity index (χ3v) is 5.80. The van der Waals surface area contributed by atoms with E-state index >= 15 is 0 Å². The van der Waals surface area contributed by atoms with Crippen molar-refractivity contribution >= 4 is 39.8 Å². The van der Waals surface area contributed by atoms with Crippen LogP contribution in [0, 0.1) is 6.92 Å². The molecule has 29 heavy (non-hydrogen) atoms. The topological polar surface area (TPSA) is 70.9 Å². The standard InChI is InChI=1S/C19H20ClF2N7/c1-11-6-12-9-24-18(26-13(12)7-15(11)28-4-2-23-3-5-28)27-14-10-25-29(17(14)20)16-8-19(16,21)22/h6-7,9-10,16,23H,2-5,8H2,1H3,(H,24,26,27). The van der Waals surface area contributed by atoms with Crippen LogP contribution in [-0.4, -0.2) is 51.8 Å². The van der Waals surface area contributed by atoms with Crippen LogP contribution in [0.1, 0.15) is 18.0 Å². The molecule has 0 amide bonds. The van der Waals surface area contributed by atoms with Gasteiger partial charge < -0.3 is 15.5 Å². The molecule has 7 nitrogen and oxygen atoms in total. The number of aryl methyl sites for hydroxylation is 1. The molecule has 0 radical (unpaired) electrons. The highest BCUT2D eigenvalue weighted by molar-refractivity contribution is 6.32. The molecule has 1 aromatic carbocycles. The lowest BCUT2D eigenvalue weighted by molar-refractivity contribution is 0.0984. The van der Waals surface area contributed by atoms with Gasteiger partial charge in [-0.25, -0.2) is 23.4 Å². The van der Waals surface area contributed by atoms with E-state index in [9.17, 15) is 8.78 Å². The molecule has 3 heterocycles. The summed E-state index contributed by atoms with van der Waals surface area (Å²) in [5.41, 5.74) is 3.55. The largest absolute Gasteiger partial charge is 0.369 e. The van der Waals surface area contributed by atoms with Crippen molar-refractivity contribution in [3.05, 3.63) is 35.2 Å². The Labute approximate surface area is 171 Å². The van der Waals surface area contributed by atoms with Crippen LogP contribution >= 0.6 is 11.6 Å². The fourth-order valence-corrected chi connectivity index (χ4v) is 3.98. The Kier molecular flexibility index (Phi) is 4.32. The fraction of sp³-hybridized carbons (Fsp3) is 0.421. The fourth-order valence-electron chi connectivity index (χ4n) is 3.72. The summed E-state index contributed by atoms with van der Waals surface area (Å²) in [5.74, 6) is -2.40. The lowest BCUT2D eigenvalue weighted by Gasteiger charge is -2.30. The highest BCUT2D eigenvalue weighted by atomic mass is 35.5. The van der Waals surface area contributed by atoms with Crippen LogP contribution in [0.5, 0.6) is 0 Å². The smallest absolute Gasteiger partial charge is 0.272 e. The lowest BCUT2D eigenvalue weighted by Crippen LogP contribution is -2.43. The summed E-state index contributed by atoms with van der Waals surface area (Å²) in [6.45, 7) is 5.89. The Morgan fingerprint density at radius 1 is 1.24 bits per heavy atom. The minimum Gasteiger partial charge on any atom is -0.369 e. The van der Waals surface area contributed by atoms with E-state index in [0.29, 0.717) is 11.6 Å². The monoisotopic (exact) mass is 419 g/mol. The molecule has 1 unspecified atom stereocenters. The molecule has 2 N–H and O–H groups in total. The molecular formula is C19H20ClF2N7. The number of piperazine rings is 1. The number of halogens is 3. The van der Waals surface area contributed by atoms with Crippen molar-refractivity contribution in [2.45, 2.75) is 25.3 Å². The maximum atomic E-state index is 13.3. The number of benzene rings is 1. The van der Waals surface area contributed by atoms with E-state index in [0.717, 1.165) is 47.5 Å². The van der Waals surface area contributed by atoms with Crippen molar-refractivity contribution in [2.24, 2.45) is 0 Å². The molecule has 3 aromatic rings. The van der Waals surface area contributed by atoms with E-state index in [2.05, 4.69) is 49.7 Å². The number of hydrogen-bond acceptors (Lipinski definition) is 6. The van der Waals surface area contributed by atoms with Crippen molar-refractivity contribution < 1.29 is 8.78 Å². The Balaban J connectivity index is 1.43. The average molecular weight is 420 g/mol. The maximum Gasteiger partial charge on any atom is 0.272 e. The molecule has 152 valence electrons. The van der Waals surface area contributed by atoms with Crippen molar-refractivity contribution in [2.75, 3.05) is 36.4 Å². The van der Waals surface area contributed by atoms with Crippen LogP contribution in [-0.2, 0) is 0 Å². The first-order chi connectivity index (χ1) is 13.9. The van der Waals surface area contributed by atoms with Gasteiger partial charge in [0, 0.05) is 49.9 Å². The van der Waals surface area contributed by atoms with Gasteiger partial charge >= 0.3 is 0 Å². The first-order valence-electron chi connectivity index (χ1n) is 9.53. The minimum absolute atomic E-state index is 0.126. The van der Waals surface area contributed by atoms with Crippen LogP contribution in [0.2, 0.25) is 5.15 Å². The molecule has 0 spiro atoms. The highest BCUT2D eigenvalue weighted by Gasteiger charge is 2.59. The Morgan fingerprint density at radius 3 is 2.72 bits per heavy atom. The van der Waals surface area contributed by atoms with Crippen LogP contribution in [0.15, 0.2) is 24.5 Å². The Bertz CT molecular complexity index is 1080. The number of anilines is 3. The normalized spacial score (nSPS) is 20.8. The van der Waals surface area contributed by atoms with E-state index < -0.39 is 12.0 Å². The van der Waals surface area contributed by atoms with Crippen molar-refractivity contribution in [3.63, 3.8) is 0 Å². The summed E-state index contributed by atoms with van der Waals surface area (Å²) >= 11 is 6.24. The second kappa shape index (κ2) is 6.77. The number of nitrogens with zero attached hydrogens (tertiary/aromatic N) is 5. The van der Waals surface area contributed by atoms with Gasteiger partial charge in [-0.15, -0.1) is 0 Å². The second-order valence-corrected chi connectivity index (χ2v) is 7.89. The zero-order valence-electron chi connectivity index (χ0n) is 15.8. The highest BCUT2D eigenvalue weighted by Crippen LogP contribution is 2.53. The van der Waals surface area contributed by atoms with E-state index in [1.165, 1.54) is 11.8 Å². The van der Waals surface area contributed by atoms with Gasteiger partial charge in [-0.2, -0.15) is 5.10 Å². The van der Waals surface area contributed by atoms with Gasteiger partial charge in [0.05, 0.1) is 17.4 Å². The number of alkyl halides is 2. The van der Waals surface area contributed by atoms with E-state index in [4.69, 9.17) is 11.6 Å². The summed E-state index contributed by atoms with van der Waals surface area (Å²) < 4.78 is 27.8. The van der Waals surface area contributed by atoms with Crippen LogP contribution < -0.4 is 15.5 Å². The Morgan fingerprint density at radius 2 is 2.00 bits per heavy atom. The molecule has 10 heteroatoms. The van der Waals surface area contributed by atoms with Gasteiger partial charge in [0.2, 0.25) is 5.95 Å². The van der Waals surface area contributed by atoms with Crippen LogP contribution in [0.25, 0.3) is 10.9 Å². The lowest BCUT2D eigenvalue weighted by atomic mass is 10.1. The molecule has 2 aromatic heterocycles. The minimum atomic E-state index is -2.75. The zero-order valence-corrected chi connectivity index (χ0v) is 16.5. The second-order valence-electron chi connectivity index (χ2n) is 7.53. The number of rotatable bonds is 4. The number of hydrogen-bond donors (Lipinski definition) is 2. The average Bonchev–Trinajstić information content (AvgIpc) is 3.19. The molecule has 2 aliphatic rings. The van der Waals surface area contributed by atoms with Gasteiger partial charge in [0.25, 0.3) is 5.92 Å². The number of nitrogens with one attached hydrogen (secondary N) is 2. The summed E-state index contributed by atoms with van der Waals surface area (Å²) in [4.78, 5) is 11.3. The van der Waals surface area contributed by atoms with Crippen molar-refractivity contribution in [1.29, 1.82) is 0 Å². The summed E-state index contributed by atoms with van der Waals surface area (Å²) in [6, 6.07) is 3.17. The predicted molar refractivity (Wildman–Crippen MR) is 108 cm³/mol. The Hall–Kier alpha value is -2.52. The first-order valence-corrected chi connectivity index (χ1v) is 9.91. The molecular weight excluding hydrogens is 400 g/mol.